The van der Waals surface area contributed by atoms with Gasteiger partial charge in [-0.3, -0.25) is 9.59 Å². The normalized spacial score (nSPS) is 17.9. The van der Waals surface area contributed by atoms with Gasteiger partial charge in [0.25, 0.3) is 0 Å². The van der Waals surface area contributed by atoms with Crippen LogP contribution in [0.3, 0.4) is 0 Å². The number of amides is 2. The van der Waals surface area contributed by atoms with Crippen LogP contribution in [-0.2, 0) is 14.3 Å². The van der Waals surface area contributed by atoms with Gasteiger partial charge in [-0.2, -0.15) is 0 Å². The minimum absolute atomic E-state index is 0.0159. The summed E-state index contributed by atoms with van der Waals surface area (Å²) in [5.41, 5.74) is 0.138. The number of hydrogen-bond donors (Lipinski definition) is 1. The van der Waals surface area contributed by atoms with Crippen LogP contribution in [0.4, 0.5) is 0 Å². The Labute approximate surface area is 147 Å². The molecule has 0 bridgehead atoms. The zero-order valence-corrected chi connectivity index (χ0v) is 16.4. The highest BCUT2D eigenvalue weighted by molar-refractivity contribution is 5.77. The topological polar surface area (TPSA) is 58.6 Å². The lowest BCUT2D eigenvalue weighted by atomic mass is 9.72. The van der Waals surface area contributed by atoms with E-state index in [1.807, 2.05) is 25.7 Å². The Hall–Kier alpha value is -1.10. The van der Waals surface area contributed by atoms with Gasteiger partial charge in [-0.15, -0.1) is 0 Å². The molecule has 140 valence electrons. The fourth-order valence-electron chi connectivity index (χ4n) is 2.91. The Morgan fingerprint density at radius 2 is 1.67 bits per heavy atom. The predicted molar refractivity (Wildman–Crippen MR) is 96.7 cm³/mol. The number of nitrogens with one attached hydrogen (secondary N) is 1. The first-order valence-corrected chi connectivity index (χ1v) is 9.20. The molecule has 0 aromatic rings. The van der Waals surface area contributed by atoms with E-state index in [4.69, 9.17) is 4.74 Å². The highest BCUT2D eigenvalue weighted by atomic mass is 16.5. The van der Waals surface area contributed by atoms with E-state index >= 15 is 0 Å². The van der Waals surface area contributed by atoms with Crippen LogP contribution in [0.2, 0.25) is 0 Å². The van der Waals surface area contributed by atoms with Crippen LogP contribution in [0.5, 0.6) is 0 Å². The second-order valence-electron chi connectivity index (χ2n) is 8.60. The van der Waals surface area contributed by atoms with Gasteiger partial charge in [0.1, 0.15) is 0 Å². The SMILES string of the molecule is CC(C)C1(C)CCN(C(=O)CCOCCC(=O)NC(C)(C)C)CC1. The van der Waals surface area contributed by atoms with Crippen LogP contribution in [0.1, 0.15) is 67.2 Å². The molecule has 5 nitrogen and oxygen atoms in total. The first-order chi connectivity index (χ1) is 11.0. The van der Waals surface area contributed by atoms with Gasteiger partial charge in [0, 0.05) is 25.0 Å². The van der Waals surface area contributed by atoms with Crippen LogP contribution in [0, 0.1) is 11.3 Å². The predicted octanol–water partition coefficient (Wildman–Crippen LogP) is 2.98. The molecule has 0 aromatic heterocycles. The number of ether oxygens (including phenoxy) is 1. The van der Waals surface area contributed by atoms with Crippen molar-refractivity contribution in [1.82, 2.24) is 10.2 Å². The Kier molecular flexibility index (Phi) is 7.71. The third-order valence-electron chi connectivity index (χ3n) is 5.10. The molecular weight excluding hydrogens is 304 g/mol. The van der Waals surface area contributed by atoms with Crippen LogP contribution in [0.15, 0.2) is 0 Å². The van der Waals surface area contributed by atoms with Crippen LogP contribution in [0.25, 0.3) is 0 Å². The number of hydrogen-bond acceptors (Lipinski definition) is 3. The van der Waals surface area contributed by atoms with Gasteiger partial charge in [-0.05, 0) is 44.9 Å². The molecule has 0 radical (unpaired) electrons. The molecule has 0 spiro atoms. The molecule has 1 rings (SSSR count). The molecule has 5 heteroatoms. The van der Waals surface area contributed by atoms with Gasteiger partial charge in [-0.25, -0.2) is 0 Å². The smallest absolute Gasteiger partial charge is 0.224 e. The van der Waals surface area contributed by atoms with E-state index in [-0.39, 0.29) is 17.4 Å². The van der Waals surface area contributed by atoms with Gasteiger partial charge in [0.05, 0.1) is 19.6 Å². The molecule has 0 aliphatic carbocycles. The Balaban J connectivity index is 2.16. The van der Waals surface area contributed by atoms with Crippen molar-refractivity contribution in [3.05, 3.63) is 0 Å². The first kappa shape index (κ1) is 20.9. The zero-order valence-electron chi connectivity index (χ0n) is 16.4. The fraction of sp³-hybridized carbons (Fsp3) is 0.895. The minimum Gasteiger partial charge on any atom is -0.380 e. The summed E-state index contributed by atoms with van der Waals surface area (Å²) in [4.78, 5) is 25.8. The number of rotatable bonds is 7. The van der Waals surface area contributed by atoms with Crippen LogP contribution < -0.4 is 5.32 Å². The Bertz CT molecular complexity index is 419. The van der Waals surface area contributed by atoms with Crippen LogP contribution in [-0.4, -0.2) is 48.6 Å². The molecule has 1 heterocycles. The quantitative estimate of drug-likeness (QED) is 0.725. The molecule has 1 aliphatic rings. The summed E-state index contributed by atoms with van der Waals surface area (Å²) in [5.74, 6) is 0.801. The Morgan fingerprint density at radius 1 is 1.12 bits per heavy atom. The van der Waals surface area contributed by atoms with E-state index in [9.17, 15) is 9.59 Å². The molecule has 1 saturated heterocycles. The highest BCUT2D eigenvalue weighted by Crippen LogP contribution is 2.38. The summed E-state index contributed by atoms with van der Waals surface area (Å²) < 4.78 is 5.45. The van der Waals surface area contributed by atoms with Gasteiger partial charge < -0.3 is 15.0 Å². The maximum absolute atomic E-state index is 12.2. The standard InChI is InChI=1S/C19H36N2O3/c1-15(2)19(6)9-11-21(12-10-19)17(23)8-14-24-13-7-16(22)20-18(3,4)5/h15H,7-14H2,1-6H3,(H,20,22). The third-order valence-corrected chi connectivity index (χ3v) is 5.10. The van der Waals surface area contributed by atoms with Crippen molar-refractivity contribution in [2.24, 2.45) is 11.3 Å². The second kappa shape index (κ2) is 8.84. The maximum Gasteiger partial charge on any atom is 0.224 e. The summed E-state index contributed by atoms with van der Waals surface area (Å²) in [6.45, 7) is 15.2. The molecule has 0 saturated carbocycles. The minimum atomic E-state index is -0.216. The van der Waals surface area contributed by atoms with Gasteiger partial charge in [0.15, 0.2) is 0 Å². The molecule has 24 heavy (non-hydrogen) atoms. The summed E-state index contributed by atoms with van der Waals surface area (Å²) in [5, 5.41) is 2.89. The van der Waals surface area contributed by atoms with Gasteiger partial charge in [-0.1, -0.05) is 20.8 Å². The van der Waals surface area contributed by atoms with E-state index in [0.29, 0.717) is 37.4 Å². The van der Waals surface area contributed by atoms with E-state index in [1.165, 1.54) is 0 Å². The lowest BCUT2D eigenvalue weighted by Crippen LogP contribution is -2.44. The molecule has 0 unspecified atom stereocenters. The summed E-state index contributed by atoms with van der Waals surface area (Å²) in [7, 11) is 0. The average Bonchev–Trinajstić information content (AvgIpc) is 2.45. The van der Waals surface area contributed by atoms with Crippen molar-refractivity contribution in [2.45, 2.75) is 72.8 Å². The second-order valence-corrected chi connectivity index (χ2v) is 8.60. The molecular formula is C19H36N2O3. The average molecular weight is 341 g/mol. The van der Waals surface area contributed by atoms with Crippen molar-refractivity contribution < 1.29 is 14.3 Å². The highest BCUT2D eigenvalue weighted by Gasteiger charge is 2.33. The fourth-order valence-corrected chi connectivity index (χ4v) is 2.91. The molecule has 0 aromatic carbocycles. The molecule has 1 aliphatic heterocycles. The molecule has 1 N–H and O–H groups in total. The lowest BCUT2D eigenvalue weighted by molar-refractivity contribution is -0.135. The van der Waals surface area contributed by atoms with Crippen molar-refractivity contribution in [1.29, 1.82) is 0 Å². The molecule has 2 amide bonds. The number of carbonyl (C=O) groups is 2. The van der Waals surface area contributed by atoms with Crippen molar-refractivity contribution >= 4 is 11.8 Å². The summed E-state index contributed by atoms with van der Waals surface area (Å²) in [6.07, 6.45) is 2.88. The van der Waals surface area contributed by atoms with E-state index in [0.717, 1.165) is 25.9 Å². The number of nitrogens with zero attached hydrogens (tertiary/aromatic N) is 1. The maximum atomic E-state index is 12.2. The zero-order chi connectivity index (χ0) is 18.4. The summed E-state index contributed by atoms with van der Waals surface area (Å²) >= 11 is 0. The number of piperidine rings is 1. The number of carbonyl (C=O) groups excluding carboxylic acids is 2. The van der Waals surface area contributed by atoms with Crippen molar-refractivity contribution in [3.8, 4) is 0 Å². The molecule has 0 atom stereocenters. The van der Waals surface area contributed by atoms with E-state index in [1.54, 1.807) is 0 Å². The largest absolute Gasteiger partial charge is 0.380 e. The van der Waals surface area contributed by atoms with E-state index in [2.05, 4.69) is 26.1 Å². The van der Waals surface area contributed by atoms with Gasteiger partial charge >= 0.3 is 0 Å². The van der Waals surface area contributed by atoms with Crippen molar-refractivity contribution in [3.63, 3.8) is 0 Å². The lowest BCUT2D eigenvalue weighted by Gasteiger charge is -2.42. The monoisotopic (exact) mass is 340 g/mol. The first-order valence-electron chi connectivity index (χ1n) is 9.20. The Morgan fingerprint density at radius 3 is 2.17 bits per heavy atom. The van der Waals surface area contributed by atoms with Gasteiger partial charge in [0.2, 0.25) is 11.8 Å². The number of likely N-dealkylation sites (tertiary alicyclic amines) is 1. The molecule has 1 fully saturated rings. The summed E-state index contributed by atoms with van der Waals surface area (Å²) in [6, 6.07) is 0. The third kappa shape index (κ3) is 7.20. The van der Waals surface area contributed by atoms with E-state index < -0.39 is 0 Å². The van der Waals surface area contributed by atoms with Crippen LogP contribution >= 0.6 is 0 Å². The van der Waals surface area contributed by atoms with Crippen molar-refractivity contribution in [2.75, 3.05) is 26.3 Å².